The molecule has 3 rings (SSSR count). The highest BCUT2D eigenvalue weighted by atomic mass is 35.5. The monoisotopic (exact) mass is 578 g/mol. The van der Waals surface area contributed by atoms with Crippen molar-refractivity contribution in [3.05, 3.63) is 98.5 Å². The van der Waals surface area contributed by atoms with E-state index in [-0.39, 0.29) is 27.8 Å². The van der Waals surface area contributed by atoms with E-state index in [0.29, 0.717) is 10.6 Å². The molecule has 0 saturated carbocycles. The van der Waals surface area contributed by atoms with E-state index < -0.39 is 39.3 Å². The quantitative estimate of drug-likeness (QED) is 0.282. The van der Waals surface area contributed by atoms with E-state index in [4.69, 9.17) is 23.2 Å². The molecule has 10 nitrogen and oxygen atoms in total. The van der Waals surface area contributed by atoms with Crippen LogP contribution in [-0.4, -0.2) is 49.7 Å². The van der Waals surface area contributed by atoms with Gasteiger partial charge in [0.05, 0.1) is 25.6 Å². The summed E-state index contributed by atoms with van der Waals surface area (Å²) >= 11 is 12.1. The highest BCUT2D eigenvalue weighted by Crippen LogP contribution is 2.27. The molecule has 1 atom stereocenters. The fourth-order valence-electron chi connectivity index (χ4n) is 3.62. The number of rotatable bonds is 10. The molecule has 0 unspecified atom stereocenters. The predicted octanol–water partition coefficient (Wildman–Crippen LogP) is 4.26. The summed E-state index contributed by atoms with van der Waals surface area (Å²) in [6.07, 6.45) is 0. The van der Waals surface area contributed by atoms with E-state index in [2.05, 4.69) is 5.32 Å². The molecule has 13 heteroatoms. The molecule has 0 fully saturated rings. The number of sulfonamides is 1. The minimum absolute atomic E-state index is 0.0369. The van der Waals surface area contributed by atoms with Gasteiger partial charge < -0.3 is 10.2 Å². The summed E-state index contributed by atoms with van der Waals surface area (Å²) in [5, 5.41) is 14.2. The number of anilines is 1. The zero-order valence-electron chi connectivity index (χ0n) is 20.4. The highest BCUT2D eigenvalue weighted by molar-refractivity contribution is 7.92. The molecule has 3 aromatic carbocycles. The number of nitrogens with one attached hydrogen (secondary N) is 1. The van der Waals surface area contributed by atoms with Gasteiger partial charge in [0.2, 0.25) is 11.8 Å². The number of carbonyl (C=O) groups excluding carboxylic acids is 2. The topological polar surface area (TPSA) is 130 Å². The van der Waals surface area contributed by atoms with Crippen LogP contribution in [0.15, 0.2) is 77.7 Å². The largest absolute Gasteiger partial charge is 0.357 e. The minimum Gasteiger partial charge on any atom is -0.357 e. The standard InChI is InChI=1S/C25H24Cl2N4O6S/c1-17(25(33)28-2)29(15-18-8-13-22(26)23(27)14-18)24(32)16-30(19-9-11-20(12-10-19)31(34)35)38(36,37)21-6-4-3-5-7-21/h3-14,17H,15-16H2,1-2H3,(H,28,33)/t17-/m0/s1. The van der Waals surface area contributed by atoms with Gasteiger partial charge in [0.25, 0.3) is 15.7 Å². The molecule has 200 valence electrons. The van der Waals surface area contributed by atoms with Crippen molar-refractivity contribution in [3.63, 3.8) is 0 Å². The number of halogens is 2. The normalized spacial score (nSPS) is 11.9. The van der Waals surface area contributed by atoms with Crippen LogP contribution in [0.4, 0.5) is 11.4 Å². The Labute approximate surface area is 230 Å². The molecule has 3 aromatic rings. The van der Waals surface area contributed by atoms with E-state index in [0.717, 1.165) is 16.4 Å². The van der Waals surface area contributed by atoms with Gasteiger partial charge in [-0.25, -0.2) is 8.42 Å². The van der Waals surface area contributed by atoms with Crippen molar-refractivity contribution in [1.82, 2.24) is 10.2 Å². The maximum atomic E-state index is 13.7. The second-order valence-corrected chi connectivity index (χ2v) is 10.8. The van der Waals surface area contributed by atoms with Gasteiger partial charge in [-0.2, -0.15) is 0 Å². The van der Waals surface area contributed by atoms with Crippen LogP contribution in [0, 0.1) is 10.1 Å². The van der Waals surface area contributed by atoms with Crippen LogP contribution >= 0.6 is 23.2 Å². The van der Waals surface area contributed by atoms with Crippen molar-refractivity contribution >= 4 is 56.4 Å². The van der Waals surface area contributed by atoms with Gasteiger partial charge in [-0.3, -0.25) is 24.0 Å². The number of nitro groups is 1. The summed E-state index contributed by atoms with van der Waals surface area (Å²) < 4.78 is 28.1. The first-order valence-electron chi connectivity index (χ1n) is 11.2. The average Bonchev–Trinajstić information content (AvgIpc) is 2.91. The summed E-state index contributed by atoms with van der Waals surface area (Å²) in [4.78, 5) is 37.8. The zero-order chi connectivity index (χ0) is 28.0. The van der Waals surface area contributed by atoms with Gasteiger partial charge in [-0.1, -0.05) is 47.5 Å². The van der Waals surface area contributed by atoms with E-state index in [9.17, 15) is 28.1 Å². The number of benzene rings is 3. The SMILES string of the molecule is CNC(=O)[C@H](C)N(Cc1ccc(Cl)c(Cl)c1)C(=O)CN(c1ccc([N+](=O)[O-])cc1)S(=O)(=O)c1ccccc1. The maximum Gasteiger partial charge on any atom is 0.269 e. The first-order valence-corrected chi connectivity index (χ1v) is 13.4. The Morgan fingerprint density at radius 3 is 2.18 bits per heavy atom. The molecule has 0 aliphatic rings. The fourth-order valence-corrected chi connectivity index (χ4v) is 5.37. The second kappa shape index (κ2) is 12.2. The van der Waals surface area contributed by atoms with Crippen LogP contribution in [-0.2, 0) is 26.2 Å². The lowest BCUT2D eigenvalue weighted by Gasteiger charge is -2.31. The first kappa shape index (κ1) is 28.9. The van der Waals surface area contributed by atoms with Gasteiger partial charge in [0.1, 0.15) is 12.6 Å². The van der Waals surface area contributed by atoms with Crippen molar-refractivity contribution in [2.45, 2.75) is 24.4 Å². The third-order valence-electron chi connectivity index (χ3n) is 5.71. The van der Waals surface area contributed by atoms with Crippen LogP contribution in [0.5, 0.6) is 0 Å². The Morgan fingerprint density at radius 2 is 1.63 bits per heavy atom. The van der Waals surface area contributed by atoms with E-state index >= 15 is 0 Å². The number of hydrogen-bond donors (Lipinski definition) is 1. The number of likely N-dealkylation sites (N-methyl/N-ethyl adjacent to an activating group) is 1. The number of non-ortho nitro benzene ring substituents is 1. The van der Waals surface area contributed by atoms with Gasteiger partial charge in [0, 0.05) is 25.7 Å². The molecule has 0 heterocycles. The van der Waals surface area contributed by atoms with Gasteiger partial charge in [-0.05, 0) is 48.9 Å². The molecule has 0 radical (unpaired) electrons. The molecule has 0 aliphatic heterocycles. The van der Waals surface area contributed by atoms with Crippen molar-refractivity contribution in [2.75, 3.05) is 17.9 Å². The Morgan fingerprint density at radius 1 is 1.00 bits per heavy atom. The van der Waals surface area contributed by atoms with Crippen molar-refractivity contribution in [1.29, 1.82) is 0 Å². The molecule has 0 bridgehead atoms. The fraction of sp³-hybridized carbons (Fsp3) is 0.200. The predicted molar refractivity (Wildman–Crippen MR) is 145 cm³/mol. The van der Waals surface area contributed by atoms with Crippen molar-refractivity contribution in [3.8, 4) is 0 Å². The number of carbonyl (C=O) groups is 2. The summed E-state index contributed by atoms with van der Waals surface area (Å²) in [5.41, 5.74) is 0.359. The maximum absolute atomic E-state index is 13.7. The number of nitrogens with zero attached hydrogens (tertiary/aromatic N) is 3. The molecule has 0 aromatic heterocycles. The van der Waals surface area contributed by atoms with E-state index in [1.165, 1.54) is 55.3 Å². The van der Waals surface area contributed by atoms with Crippen LogP contribution < -0.4 is 9.62 Å². The smallest absolute Gasteiger partial charge is 0.269 e. The Kier molecular flexibility index (Phi) is 9.31. The zero-order valence-corrected chi connectivity index (χ0v) is 22.7. The first-order chi connectivity index (χ1) is 17.9. The highest BCUT2D eigenvalue weighted by Gasteiger charge is 2.32. The lowest BCUT2D eigenvalue weighted by atomic mass is 10.1. The molecule has 0 aliphatic carbocycles. The average molecular weight is 579 g/mol. The summed E-state index contributed by atoms with van der Waals surface area (Å²) in [5.74, 6) is -1.16. The molecule has 1 N–H and O–H groups in total. The minimum atomic E-state index is -4.28. The molecule has 2 amide bonds. The van der Waals surface area contributed by atoms with Gasteiger partial charge in [0.15, 0.2) is 0 Å². The summed E-state index contributed by atoms with van der Waals surface area (Å²) in [7, 11) is -2.86. The Hall–Kier alpha value is -3.67. The lowest BCUT2D eigenvalue weighted by molar-refractivity contribution is -0.384. The molecule has 0 spiro atoms. The third kappa shape index (κ3) is 6.60. The number of nitro benzene ring substituents is 1. The summed E-state index contributed by atoms with van der Waals surface area (Å²) in [6.45, 7) is 0.762. The van der Waals surface area contributed by atoms with Crippen LogP contribution in [0.1, 0.15) is 12.5 Å². The van der Waals surface area contributed by atoms with Crippen LogP contribution in [0.2, 0.25) is 10.0 Å². The van der Waals surface area contributed by atoms with Crippen LogP contribution in [0.3, 0.4) is 0 Å². The van der Waals surface area contributed by atoms with Crippen molar-refractivity contribution < 1.29 is 22.9 Å². The van der Waals surface area contributed by atoms with Crippen molar-refractivity contribution in [2.24, 2.45) is 0 Å². The van der Waals surface area contributed by atoms with Gasteiger partial charge >= 0.3 is 0 Å². The van der Waals surface area contributed by atoms with Gasteiger partial charge in [-0.15, -0.1) is 0 Å². The van der Waals surface area contributed by atoms with Crippen LogP contribution in [0.25, 0.3) is 0 Å². The third-order valence-corrected chi connectivity index (χ3v) is 8.24. The summed E-state index contributed by atoms with van der Waals surface area (Å²) in [6, 6.07) is 16.0. The molecular weight excluding hydrogens is 555 g/mol. The van der Waals surface area contributed by atoms with E-state index in [1.54, 1.807) is 24.3 Å². The van der Waals surface area contributed by atoms with E-state index in [1.807, 2.05) is 0 Å². The Bertz CT molecular complexity index is 1440. The second-order valence-electron chi connectivity index (χ2n) is 8.16. The molecule has 0 saturated heterocycles. The number of amides is 2. The number of hydrogen-bond acceptors (Lipinski definition) is 6. The lowest BCUT2D eigenvalue weighted by Crippen LogP contribution is -2.50. The Balaban J connectivity index is 2.04. The molecular formula is C25H24Cl2N4O6S. The molecule has 38 heavy (non-hydrogen) atoms.